The van der Waals surface area contributed by atoms with Crippen LogP contribution >= 0.6 is 11.3 Å². The first-order chi connectivity index (χ1) is 10.3. The van der Waals surface area contributed by atoms with Crippen LogP contribution in [-0.2, 0) is 14.3 Å². The first-order valence-electron chi connectivity index (χ1n) is 6.99. The first kappa shape index (κ1) is 18.2. The number of hydrogen-bond donors (Lipinski definition) is 0. The zero-order valence-electron chi connectivity index (χ0n) is 13.3. The highest BCUT2D eigenvalue weighted by Gasteiger charge is 2.25. The van der Waals surface area contributed by atoms with Crippen molar-refractivity contribution in [3.63, 3.8) is 0 Å². The first-order valence-corrected chi connectivity index (χ1v) is 7.81. The molecule has 0 atom stereocenters. The van der Waals surface area contributed by atoms with Gasteiger partial charge in [-0.25, -0.2) is 9.59 Å². The lowest BCUT2D eigenvalue weighted by molar-refractivity contribution is -0.107. The van der Waals surface area contributed by atoms with Gasteiger partial charge in [0.1, 0.15) is 21.8 Å². The summed E-state index contributed by atoms with van der Waals surface area (Å²) in [7, 11) is 0. The van der Waals surface area contributed by atoms with Crippen molar-refractivity contribution in [2.75, 3.05) is 18.1 Å². The Kier molecular flexibility index (Phi) is 6.55. The van der Waals surface area contributed by atoms with Crippen molar-refractivity contribution in [2.24, 2.45) is 0 Å². The minimum Gasteiger partial charge on any atom is -0.462 e. The van der Waals surface area contributed by atoms with E-state index in [0.717, 1.165) is 17.6 Å². The minimum atomic E-state index is -0.641. The SMILES string of the molecule is CCOC(=O)c1ccc(N(CCC=O)C(=O)OC(C)(C)C)s1. The molecule has 0 fully saturated rings. The monoisotopic (exact) mass is 327 g/mol. The van der Waals surface area contributed by atoms with Crippen molar-refractivity contribution in [1.82, 2.24) is 0 Å². The van der Waals surface area contributed by atoms with Crippen molar-refractivity contribution in [1.29, 1.82) is 0 Å². The molecule has 0 radical (unpaired) electrons. The van der Waals surface area contributed by atoms with Gasteiger partial charge < -0.3 is 14.3 Å². The summed E-state index contributed by atoms with van der Waals surface area (Å²) in [6, 6.07) is 3.24. The van der Waals surface area contributed by atoms with Crippen LogP contribution in [0.3, 0.4) is 0 Å². The summed E-state index contributed by atoms with van der Waals surface area (Å²) in [5.74, 6) is -0.432. The molecule has 1 aromatic rings. The van der Waals surface area contributed by atoms with Gasteiger partial charge in [-0.1, -0.05) is 0 Å². The third-order valence-corrected chi connectivity index (χ3v) is 3.51. The van der Waals surface area contributed by atoms with Crippen LogP contribution in [-0.4, -0.2) is 37.1 Å². The van der Waals surface area contributed by atoms with Gasteiger partial charge in [0.05, 0.1) is 6.61 Å². The molecule has 0 saturated heterocycles. The predicted octanol–water partition coefficient (Wildman–Crippen LogP) is 3.26. The van der Waals surface area contributed by atoms with Crippen LogP contribution in [0.15, 0.2) is 12.1 Å². The second-order valence-corrected chi connectivity index (χ2v) is 6.51. The van der Waals surface area contributed by atoms with Gasteiger partial charge in [0.25, 0.3) is 0 Å². The molecule has 0 aromatic carbocycles. The lowest BCUT2D eigenvalue weighted by atomic mass is 10.2. The number of carbonyl (C=O) groups is 3. The van der Waals surface area contributed by atoms with Crippen LogP contribution in [0, 0.1) is 0 Å². The van der Waals surface area contributed by atoms with E-state index < -0.39 is 17.7 Å². The van der Waals surface area contributed by atoms with E-state index in [1.165, 1.54) is 4.90 Å². The third-order valence-electron chi connectivity index (χ3n) is 2.42. The quantitative estimate of drug-likeness (QED) is 0.592. The van der Waals surface area contributed by atoms with E-state index in [-0.39, 0.29) is 19.6 Å². The van der Waals surface area contributed by atoms with Crippen molar-refractivity contribution >= 4 is 34.7 Å². The van der Waals surface area contributed by atoms with Gasteiger partial charge in [0.2, 0.25) is 0 Å². The number of amides is 1. The average molecular weight is 327 g/mol. The third kappa shape index (κ3) is 5.48. The average Bonchev–Trinajstić information content (AvgIpc) is 2.87. The molecule has 0 N–H and O–H groups in total. The van der Waals surface area contributed by atoms with Crippen molar-refractivity contribution in [3.8, 4) is 0 Å². The molecule has 22 heavy (non-hydrogen) atoms. The highest BCUT2D eigenvalue weighted by atomic mass is 32.1. The maximum absolute atomic E-state index is 12.2. The highest BCUT2D eigenvalue weighted by Crippen LogP contribution is 2.28. The van der Waals surface area contributed by atoms with Gasteiger partial charge in [-0.2, -0.15) is 0 Å². The summed E-state index contributed by atoms with van der Waals surface area (Å²) >= 11 is 1.13. The molecule has 0 unspecified atom stereocenters. The fraction of sp³-hybridized carbons (Fsp3) is 0.533. The molecule has 1 amide bonds. The fourth-order valence-electron chi connectivity index (χ4n) is 1.57. The number of hydrogen-bond acceptors (Lipinski definition) is 6. The Morgan fingerprint density at radius 3 is 2.55 bits per heavy atom. The largest absolute Gasteiger partial charge is 0.462 e. The van der Waals surface area contributed by atoms with Crippen LogP contribution < -0.4 is 4.90 Å². The second-order valence-electron chi connectivity index (χ2n) is 5.45. The normalized spacial score (nSPS) is 10.9. The molecule has 7 heteroatoms. The number of esters is 1. The van der Waals surface area contributed by atoms with Gasteiger partial charge in [-0.15, -0.1) is 11.3 Å². The number of nitrogens with zero attached hydrogens (tertiary/aromatic N) is 1. The Morgan fingerprint density at radius 1 is 1.32 bits per heavy atom. The summed E-state index contributed by atoms with van der Waals surface area (Å²) in [6.45, 7) is 7.50. The van der Waals surface area contributed by atoms with Crippen LogP contribution in [0.25, 0.3) is 0 Å². The van der Waals surface area contributed by atoms with E-state index in [1.54, 1.807) is 39.8 Å². The predicted molar refractivity (Wildman–Crippen MR) is 84.5 cm³/mol. The highest BCUT2D eigenvalue weighted by molar-refractivity contribution is 7.18. The molecular formula is C15H21NO5S. The van der Waals surface area contributed by atoms with E-state index in [2.05, 4.69) is 0 Å². The van der Waals surface area contributed by atoms with Crippen molar-refractivity contribution in [3.05, 3.63) is 17.0 Å². The Labute approximate surface area is 134 Å². The van der Waals surface area contributed by atoms with E-state index in [1.807, 2.05) is 0 Å². The molecule has 1 heterocycles. The van der Waals surface area contributed by atoms with Crippen LogP contribution in [0.5, 0.6) is 0 Å². The van der Waals surface area contributed by atoms with Crippen LogP contribution in [0.1, 0.15) is 43.8 Å². The van der Waals surface area contributed by atoms with Gasteiger partial charge in [-0.05, 0) is 39.8 Å². The second kappa shape index (κ2) is 7.93. The zero-order valence-corrected chi connectivity index (χ0v) is 14.1. The molecule has 0 aliphatic rings. The van der Waals surface area contributed by atoms with Crippen molar-refractivity contribution < 1.29 is 23.9 Å². The molecule has 0 aliphatic heterocycles. The molecular weight excluding hydrogens is 306 g/mol. The maximum Gasteiger partial charge on any atom is 0.415 e. The zero-order chi connectivity index (χ0) is 16.8. The van der Waals surface area contributed by atoms with Crippen molar-refractivity contribution in [2.45, 2.75) is 39.7 Å². The molecule has 0 aliphatic carbocycles. The Bertz CT molecular complexity index is 532. The summed E-state index contributed by atoms with van der Waals surface area (Å²) < 4.78 is 10.3. The topological polar surface area (TPSA) is 72.9 Å². The molecule has 0 bridgehead atoms. The molecule has 0 spiro atoms. The van der Waals surface area contributed by atoms with E-state index in [4.69, 9.17) is 9.47 Å². The van der Waals surface area contributed by atoms with Crippen LogP contribution in [0.4, 0.5) is 9.80 Å². The molecule has 122 valence electrons. The molecule has 6 nitrogen and oxygen atoms in total. The lowest BCUT2D eigenvalue weighted by Gasteiger charge is -2.26. The number of anilines is 1. The molecule has 1 aromatic heterocycles. The van der Waals surface area contributed by atoms with E-state index >= 15 is 0 Å². The van der Waals surface area contributed by atoms with E-state index in [0.29, 0.717) is 9.88 Å². The maximum atomic E-state index is 12.2. The Balaban J connectivity index is 2.94. The van der Waals surface area contributed by atoms with Gasteiger partial charge >= 0.3 is 12.1 Å². The minimum absolute atomic E-state index is 0.186. The number of carbonyl (C=O) groups excluding carboxylic acids is 3. The van der Waals surface area contributed by atoms with E-state index in [9.17, 15) is 14.4 Å². The lowest BCUT2D eigenvalue weighted by Crippen LogP contribution is -2.37. The summed E-state index contributed by atoms with van der Waals surface area (Å²) in [6.07, 6.45) is 0.370. The standard InChI is InChI=1S/C15H21NO5S/c1-5-20-13(18)11-7-8-12(22-11)16(9-6-10-17)14(19)21-15(2,3)4/h7-8,10H,5-6,9H2,1-4H3. The summed E-state index contributed by atoms with van der Waals surface area (Å²) in [4.78, 5) is 36.3. The fourth-order valence-corrected chi connectivity index (χ4v) is 2.49. The molecule has 0 saturated carbocycles. The van der Waals surface area contributed by atoms with Gasteiger partial charge in [0.15, 0.2) is 0 Å². The Morgan fingerprint density at radius 2 is 2.00 bits per heavy atom. The number of rotatable bonds is 6. The number of aldehydes is 1. The number of thiophene rings is 1. The number of ether oxygens (including phenoxy) is 2. The van der Waals surface area contributed by atoms with Gasteiger partial charge in [-0.3, -0.25) is 4.90 Å². The molecule has 1 rings (SSSR count). The smallest absolute Gasteiger partial charge is 0.415 e. The Hall–Kier alpha value is -1.89. The summed E-state index contributed by atoms with van der Waals surface area (Å²) in [5, 5.41) is 0.541. The van der Waals surface area contributed by atoms with Gasteiger partial charge in [0, 0.05) is 13.0 Å². The summed E-state index contributed by atoms with van der Waals surface area (Å²) in [5.41, 5.74) is -0.641. The van der Waals surface area contributed by atoms with Crippen LogP contribution in [0.2, 0.25) is 0 Å².